The molecule has 10 aromatic carbocycles. The Balaban J connectivity index is 0.926. The summed E-state index contributed by atoms with van der Waals surface area (Å²) < 4.78 is 12.9. The normalized spacial score (nSPS) is 11.5. The highest BCUT2D eigenvalue weighted by Crippen LogP contribution is 2.42. The van der Waals surface area contributed by atoms with E-state index >= 15 is 0 Å². The molecule has 13 rings (SSSR count). The van der Waals surface area contributed by atoms with Crippen molar-refractivity contribution in [3.8, 4) is 89.8 Å². The van der Waals surface area contributed by atoms with Gasteiger partial charge in [-0.3, -0.25) is 0 Å². The van der Waals surface area contributed by atoms with Crippen LogP contribution in [0.3, 0.4) is 0 Å². The summed E-state index contributed by atoms with van der Waals surface area (Å²) in [7, 11) is 0. The number of fused-ring (bicyclic) bond motifs is 6. The van der Waals surface area contributed by atoms with Crippen LogP contribution in [0, 0.1) is 0 Å². The Morgan fingerprint density at radius 2 is 0.603 bits per heavy atom. The predicted molar refractivity (Wildman–Crippen MR) is 278 cm³/mol. The molecule has 0 unspecified atom stereocenters. The van der Waals surface area contributed by atoms with Crippen LogP contribution in [0.1, 0.15) is 0 Å². The van der Waals surface area contributed by atoms with Gasteiger partial charge in [-0.15, -0.1) is 0 Å². The van der Waals surface area contributed by atoms with Gasteiger partial charge in [0.2, 0.25) is 0 Å². The second-order valence-corrected chi connectivity index (χ2v) is 17.1. The van der Waals surface area contributed by atoms with E-state index in [0.29, 0.717) is 17.5 Å². The van der Waals surface area contributed by atoms with Gasteiger partial charge in [-0.05, 0) is 104 Å². The summed E-state index contributed by atoms with van der Waals surface area (Å²) in [6.07, 6.45) is 0. The van der Waals surface area contributed by atoms with E-state index in [9.17, 15) is 0 Å². The van der Waals surface area contributed by atoms with Gasteiger partial charge in [-0.2, -0.15) is 0 Å². The zero-order valence-corrected chi connectivity index (χ0v) is 36.7. The van der Waals surface area contributed by atoms with Crippen LogP contribution < -0.4 is 0 Å². The Morgan fingerprint density at radius 3 is 1.18 bits per heavy atom. The Kier molecular flexibility index (Phi) is 9.43. The van der Waals surface area contributed by atoms with Gasteiger partial charge in [-0.1, -0.05) is 188 Å². The first kappa shape index (κ1) is 39.2. The summed E-state index contributed by atoms with van der Waals surface area (Å²) in [6.45, 7) is 0. The maximum absolute atomic E-state index is 6.72. The molecule has 13 aromatic rings. The maximum atomic E-state index is 6.72. The van der Waals surface area contributed by atoms with Crippen LogP contribution in [0.15, 0.2) is 245 Å². The van der Waals surface area contributed by atoms with Gasteiger partial charge in [0.1, 0.15) is 22.3 Å². The molecular formula is C63H39N3O2. The third-order valence-corrected chi connectivity index (χ3v) is 13.0. The molecule has 0 N–H and O–H groups in total. The van der Waals surface area contributed by atoms with E-state index in [2.05, 4.69) is 206 Å². The number of nitrogens with zero attached hydrogens (tertiary/aromatic N) is 3. The number of hydrogen-bond donors (Lipinski definition) is 0. The molecule has 0 amide bonds. The fourth-order valence-corrected chi connectivity index (χ4v) is 9.60. The fraction of sp³-hybridized carbons (Fsp3) is 0. The molecule has 0 atom stereocenters. The molecule has 0 aliphatic heterocycles. The first-order chi connectivity index (χ1) is 33.7. The van der Waals surface area contributed by atoms with E-state index in [4.69, 9.17) is 23.8 Å². The molecule has 3 aromatic heterocycles. The lowest BCUT2D eigenvalue weighted by Gasteiger charge is -2.12. The van der Waals surface area contributed by atoms with E-state index in [1.807, 2.05) is 30.3 Å². The summed E-state index contributed by atoms with van der Waals surface area (Å²) in [5.74, 6) is 1.72. The smallest absolute Gasteiger partial charge is 0.164 e. The quantitative estimate of drug-likeness (QED) is 0.152. The lowest BCUT2D eigenvalue weighted by Crippen LogP contribution is -2.00. The van der Waals surface area contributed by atoms with Crippen molar-refractivity contribution in [2.75, 3.05) is 0 Å². The van der Waals surface area contributed by atoms with Crippen LogP contribution in [-0.4, -0.2) is 15.0 Å². The average Bonchev–Trinajstić information content (AvgIpc) is 4.00. The third kappa shape index (κ3) is 7.02. The van der Waals surface area contributed by atoms with Crippen LogP contribution in [0.4, 0.5) is 0 Å². The first-order valence-electron chi connectivity index (χ1n) is 22.8. The molecule has 318 valence electrons. The molecule has 0 aliphatic rings. The molecule has 3 heterocycles. The SMILES string of the molecule is c1ccc(-c2ccc(-c3nc(-c4ccc(-c5cccc6oc7ccccc7c56)cc4)nc(-c4ccc5c(c4)oc4cccc(-c6cc(-c7ccccc7)cc(-c7ccccc7)c6)c45)n3)cc2)cc1. The van der Waals surface area contributed by atoms with Crippen LogP contribution in [0.25, 0.3) is 134 Å². The number of aromatic nitrogens is 3. The highest BCUT2D eigenvalue weighted by atomic mass is 16.3. The zero-order valence-electron chi connectivity index (χ0n) is 36.7. The van der Waals surface area contributed by atoms with Gasteiger partial charge in [-0.25, -0.2) is 15.0 Å². The van der Waals surface area contributed by atoms with E-state index in [-0.39, 0.29) is 0 Å². The molecule has 5 nitrogen and oxygen atoms in total. The fourth-order valence-electron chi connectivity index (χ4n) is 9.60. The van der Waals surface area contributed by atoms with Gasteiger partial charge >= 0.3 is 0 Å². The third-order valence-electron chi connectivity index (χ3n) is 13.0. The topological polar surface area (TPSA) is 65.0 Å². The zero-order chi connectivity index (χ0) is 45.0. The van der Waals surface area contributed by atoms with E-state index in [1.165, 1.54) is 11.1 Å². The molecule has 5 heteroatoms. The van der Waals surface area contributed by atoms with Crippen molar-refractivity contribution in [1.29, 1.82) is 0 Å². The Labute approximate surface area is 392 Å². The number of para-hydroxylation sites is 1. The van der Waals surface area contributed by atoms with E-state index in [1.54, 1.807) is 0 Å². The monoisotopic (exact) mass is 869 g/mol. The molecule has 0 fully saturated rings. The number of furan rings is 2. The Hall–Kier alpha value is -9.19. The summed E-state index contributed by atoms with van der Waals surface area (Å²) in [5.41, 5.74) is 17.3. The van der Waals surface area contributed by atoms with Crippen LogP contribution >= 0.6 is 0 Å². The Morgan fingerprint density at radius 1 is 0.221 bits per heavy atom. The van der Waals surface area contributed by atoms with E-state index in [0.717, 1.165) is 105 Å². The molecule has 0 radical (unpaired) electrons. The van der Waals surface area contributed by atoms with Crippen molar-refractivity contribution in [3.05, 3.63) is 237 Å². The predicted octanol–water partition coefficient (Wildman–Crippen LogP) is 17.0. The van der Waals surface area contributed by atoms with Crippen molar-refractivity contribution < 1.29 is 8.83 Å². The number of benzene rings is 10. The van der Waals surface area contributed by atoms with Crippen molar-refractivity contribution in [2.45, 2.75) is 0 Å². The van der Waals surface area contributed by atoms with Gasteiger partial charge in [0, 0.05) is 38.2 Å². The van der Waals surface area contributed by atoms with Crippen molar-refractivity contribution >= 4 is 43.9 Å². The minimum atomic E-state index is 0.557. The van der Waals surface area contributed by atoms with Crippen LogP contribution in [0.5, 0.6) is 0 Å². The number of rotatable bonds is 8. The number of hydrogen-bond acceptors (Lipinski definition) is 5. The molecule has 0 spiro atoms. The minimum Gasteiger partial charge on any atom is -0.456 e. The van der Waals surface area contributed by atoms with Crippen molar-refractivity contribution in [2.24, 2.45) is 0 Å². The molecule has 0 bridgehead atoms. The lowest BCUT2D eigenvalue weighted by atomic mass is 9.91. The largest absolute Gasteiger partial charge is 0.456 e. The van der Waals surface area contributed by atoms with Gasteiger partial charge in [0.05, 0.1) is 0 Å². The summed E-state index contributed by atoms with van der Waals surface area (Å²) in [4.78, 5) is 15.5. The maximum Gasteiger partial charge on any atom is 0.164 e. The van der Waals surface area contributed by atoms with Crippen LogP contribution in [-0.2, 0) is 0 Å². The second kappa shape index (κ2) is 16.4. The molecule has 0 saturated carbocycles. The van der Waals surface area contributed by atoms with Crippen LogP contribution in [0.2, 0.25) is 0 Å². The highest BCUT2D eigenvalue weighted by molar-refractivity contribution is 6.14. The molecular weight excluding hydrogens is 831 g/mol. The summed E-state index contributed by atoms with van der Waals surface area (Å²) in [5, 5.41) is 4.28. The standard InChI is InChI=1S/C63H39N3O2/c1-4-14-40(15-5-1)43-26-30-45(31-27-43)61-64-62(46-32-28-44(29-33-46)51-21-12-24-56-59(51)53-20-10-11-23-55(53)67-56)66-63(65-61)47-34-35-54-58(39-47)68-57-25-13-22-52(60(54)57)50-37-48(41-16-6-2-7-17-41)36-49(38-50)42-18-8-3-9-19-42/h1-39H. The van der Waals surface area contributed by atoms with Gasteiger partial charge < -0.3 is 8.83 Å². The van der Waals surface area contributed by atoms with Crippen molar-refractivity contribution in [1.82, 2.24) is 15.0 Å². The second-order valence-electron chi connectivity index (χ2n) is 17.1. The first-order valence-corrected chi connectivity index (χ1v) is 22.8. The van der Waals surface area contributed by atoms with Gasteiger partial charge in [0.15, 0.2) is 17.5 Å². The molecule has 68 heavy (non-hydrogen) atoms. The molecule has 0 saturated heterocycles. The lowest BCUT2D eigenvalue weighted by molar-refractivity contribution is 0.668. The minimum absolute atomic E-state index is 0.557. The molecule has 0 aliphatic carbocycles. The Bertz CT molecular complexity index is 3930. The van der Waals surface area contributed by atoms with Crippen molar-refractivity contribution in [3.63, 3.8) is 0 Å². The summed E-state index contributed by atoms with van der Waals surface area (Å²) >= 11 is 0. The average molecular weight is 870 g/mol. The van der Waals surface area contributed by atoms with E-state index < -0.39 is 0 Å². The summed E-state index contributed by atoms with van der Waals surface area (Å²) in [6, 6.07) is 82.3. The highest BCUT2D eigenvalue weighted by Gasteiger charge is 2.19. The van der Waals surface area contributed by atoms with Gasteiger partial charge in [0.25, 0.3) is 0 Å².